The molecule has 116 valence electrons. The van der Waals surface area contributed by atoms with Crippen LogP contribution < -0.4 is 5.32 Å². The van der Waals surface area contributed by atoms with Gasteiger partial charge in [0.1, 0.15) is 0 Å². The van der Waals surface area contributed by atoms with Gasteiger partial charge in [-0.3, -0.25) is 4.90 Å². The Morgan fingerprint density at radius 2 is 1.95 bits per heavy atom. The van der Waals surface area contributed by atoms with E-state index in [1.165, 1.54) is 71.0 Å². The monoisotopic (exact) mass is 280 g/mol. The summed E-state index contributed by atoms with van der Waals surface area (Å²) in [5, 5.41) is 3.77. The van der Waals surface area contributed by atoms with Crippen LogP contribution in [0, 0.1) is 5.41 Å². The van der Waals surface area contributed by atoms with Gasteiger partial charge < -0.3 is 10.1 Å². The zero-order valence-electron chi connectivity index (χ0n) is 13.2. The molecule has 3 aliphatic rings. The van der Waals surface area contributed by atoms with Crippen molar-refractivity contribution in [3.8, 4) is 0 Å². The molecule has 2 aliphatic carbocycles. The summed E-state index contributed by atoms with van der Waals surface area (Å²) in [7, 11) is 0. The maximum Gasteiger partial charge on any atom is 0.0547 e. The summed E-state index contributed by atoms with van der Waals surface area (Å²) >= 11 is 0. The summed E-state index contributed by atoms with van der Waals surface area (Å²) in [6.45, 7) is 7.89. The van der Waals surface area contributed by atoms with Gasteiger partial charge in [-0.15, -0.1) is 0 Å². The minimum absolute atomic E-state index is 0.385. The molecule has 0 amide bonds. The maximum absolute atomic E-state index is 5.78. The Labute approximate surface area is 124 Å². The van der Waals surface area contributed by atoms with E-state index in [9.17, 15) is 0 Å². The molecular formula is C17H32N2O. The van der Waals surface area contributed by atoms with Crippen molar-refractivity contribution in [2.24, 2.45) is 5.41 Å². The predicted octanol–water partition coefficient (Wildman–Crippen LogP) is 2.80. The Hall–Kier alpha value is -0.120. The van der Waals surface area contributed by atoms with Crippen molar-refractivity contribution in [2.75, 3.05) is 32.8 Å². The molecule has 3 nitrogen and oxygen atoms in total. The van der Waals surface area contributed by atoms with Crippen LogP contribution in [0.5, 0.6) is 0 Å². The highest BCUT2D eigenvalue weighted by molar-refractivity contribution is 4.93. The summed E-state index contributed by atoms with van der Waals surface area (Å²) in [6.07, 6.45) is 11.2. The first-order chi connectivity index (χ1) is 9.81. The zero-order chi connectivity index (χ0) is 13.8. The Balaban J connectivity index is 1.57. The second kappa shape index (κ2) is 6.76. The quantitative estimate of drug-likeness (QED) is 0.776. The summed E-state index contributed by atoms with van der Waals surface area (Å²) in [5.74, 6) is 0. The second-order valence-corrected chi connectivity index (χ2v) is 7.31. The van der Waals surface area contributed by atoms with Crippen LogP contribution in [0.1, 0.15) is 58.3 Å². The molecule has 0 aromatic heterocycles. The predicted molar refractivity (Wildman–Crippen MR) is 83.0 cm³/mol. The highest BCUT2D eigenvalue weighted by Crippen LogP contribution is 2.33. The van der Waals surface area contributed by atoms with E-state index in [2.05, 4.69) is 17.1 Å². The van der Waals surface area contributed by atoms with Crippen LogP contribution in [0.2, 0.25) is 0 Å². The van der Waals surface area contributed by atoms with E-state index < -0.39 is 0 Å². The summed E-state index contributed by atoms with van der Waals surface area (Å²) < 4.78 is 5.78. The van der Waals surface area contributed by atoms with Crippen LogP contribution in [0.4, 0.5) is 0 Å². The normalized spacial score (nSPS) is 32.1. The zero-order valence-corrected chi connectivity index (χ0v) is 13.2. The lowest BCUT2D eigenvalue weighted by Gasteiger charge is -2.40. The fourth-order valence-corrected chi connectivity index (χ4v) is 3.99. The number of hydrogen-bond donors (Lipinski definition) is 1. The minimum atomic E-state index is 0.385. The lowest BCUT2D eigenvalue weighted by molar-refractivity contribution is 0.0748. The molecule has 1 unspecified atom stereocenters. The molecule has 3 heteroatoms. The number of ether oxygens (including phenoxy) is 1. The largest absolute Gasteiger partial charge is 0.381 e. The van der Waals surface area contributed by atoms with Gasteiger partial charge in [0.05, 0.1) is 6.61 Å². The van der Waals surface area contributed by atoms with E-state index in [1.54, 1.807) is 0 Å². The lowest BCUT2D eigenvalue weighted by atomic mass is 9.84. The highest BCUT2D eigenvalue weighted by Gasteiger charge is 2.39. The molecule has 0 spiro atoms. The van der Waals surface area contributed by atoms with Crippen molar-refractivity contribution < 1.29 is 4.74 Å². The average molecular weight is 280 g/mol. The van der Waals surface area contributed by atoms with Gasteiger partial charge in [0.2, 0.25) is 0 Å². The first kappa shape index (κ1) is 14.8. The summed E-state index contributed by atoms with van der Waals surface area (Å²) in [6, 6.07) is 1.66. The molecule has 0 bridgehead atoms. The molecule has 20 heavy (non-hydrogen) atoms. The SMILES string of the molecule is CCN(CC1(CNC2CC2)CCOC1)C1CCCCC1. The molecule has 1 atom stereocenters. The van der Waals surface area contributed by atoms with Crippen molar-refractivity contribution in [1.82, 2.24) is 10.2 Å². The topological polar surface area (TPSA) is 24.5 Å². The smallest absolute Gasteiger partial charge is 0.0547 e. The Bertz CT molecular complexity index is 291. The molecule has 1 aliphatic heterocycles. The van der Waals surface area contributed by atoms with Gasteiger partial charge in [-0.2, -0.15) is 0 Å². The van der Waals surface area contributed by atoms with E-state index in [4.69, 9.17) is 4.74 Å². The lowest BCUT2D eigenvalue weighted by Crippen LogP contribution is -2.49. The minimum Gasteiger partial charge on any atom is -0.381 e. The third kappa shape index (κ3) is 3.75. The molecule has 0 aromatic carbocycles. The Kier molecular flexibility index (Phi) is 5.00. The van der Waals surface area contributed by atoms with Crippen molar-refractivity contribution in [3.05, 3.63) is 0 Å². The number of nitrogens with one attached hydrogen (secondary N) is 1. The standard InChI is InChI=1S/C17H32N2O/c1-2-19(16-6-4-3-5-7-16)13-17(10-11-20-14-17)12-18-15-8-9-15/h15-16,18H,2-14H2,1H3. The average Bonchev–Trinajstić information content (AvgIpc) is 3.22. The van der Waals surface area contributed by atoms with Gasteiger partial charge in [0, 0.05) is 37.2 Å². The fraction of sp³-hybridized carbons (Fsp3) is 1.00. The second-order valence-electron chi connectivity index (χ2n) is 7.31. The van der Waals surface area contributed by atoms with Crippen LogP contribution in [0.15, 0.2) is 0 Å². The molecule has 1 N–H and O–H groups in total. The molecular weight excluding hydrogens is 248 g/mol. The van der Waals surface area contributed by atoms with Gasteiger partial charge in [-0.1, -0.05) is 26.2 Å². The molecule has 0 aromatic rings. The third-order valence-electron chi connectivity index (χ3n) is 5.56. The highest BCUT2D eigenvalue weighted by atomic mass is 16.5. The van der Waals surface area contributed by atoms with Crippen molar-refractivity contribution in [3.63, 3.8) is 0 Å². The van der Waals surface area contributed by atoms with Gasteiger partial charge >= 0.3 is 0 Å². The van der Waals surface area contributed by atoms with Crippen LogP contribution in [-0.2, 0) is 4.74 Å². The van der Waals surface area contributed by atoms with E-state index >= 15 is 0 Å². The van der Waals surface area contributed by atoms with Gasteiger partial charge in [0.15, 0.2) is 0 Å². The summed E-state index contributed by atoms with van der Waals surface area (Å²) in [5.41, 5.74) is 0.385. The maximum atomic E-state index is 5.78. The molecule has 3 rings (SSSR count). The van der Waals surface area contributed by atoms with Crippen molar-refractivity contribution >= 4 is 0 Å². The van der Waals surface area contributed by atoms with Crippen LogP contribution >= 0.6 is 0 Å². The number of rotatable bonds is 7. The Morgan fingerprint density at radius 3 is 2.55 bits per heavy atom. The van der Waals surface area contributed by atoms with Gasteiger partial charge in [-0.25, -0.2) is 0 Å². The van der Waals surface area contributed by atoms with E-state index in [-0.39, 0.29) is 0 Å². The fourth-order valence-electron chi connectivity index (χ4n) is 3.99. The van der Waals surface area contributed by atoms with Crippen molar-refractivity contribution in [2.45, 2.75) is 70.4 Å². The van der Waals surface area contributed by atoms with Gasteiger partial charge in [-0.05, 0) is 38.6 Å². The first-order valence-electron chi connectivity index (χ1n) is 8.86. The molecule has 1 heterocycles. The summed E-state index contributed by atoms with van der Waals surface area (Å²) in [4.78, 5) is 2.77. The van der Waals surface area contributed by atoms with E-state index in [1.807, 2.05) is 0 Å². The Morgan fingerprint density at radius 1 is 1.15 bits per heavy atom. The molecule has 0 radical (unpaired) electrons. The molecule has 3 fully saturated rings. The van der Waals surface area contributed by atoms with Crippen molar-refractivity contribution in [1.29, 1.82) is 0 Å². The van der Waals surface area contributed by atoms with Crippen LogP contribution in [0.3, 0.4) is 0 Å². The third-order valence-corrected chi connectivity index (χ3v) is 5.56. The van der Waals surface area contributed by atoms with E-state index in [0.717, 1.165) is 25.3 Å². The molecule has 1 saturated heterocycles. The first-order valence-corrected chi connectivity index (χ1v) is 8.86. The molecule has 2 saturated carbocycles. The van der Waals surface area contributed by atoms with Crippen LogP contribution in [0.25, 0.3) is 0 Å². The number of hydrogen-bond acceptors (Lipinski definition) is 3. The van der Waals surface area contributed by atoms with Gasteiger partial charge in [0.25, 0.3) is 0 Å². The van der Waals surface area contributed by atoms with Crippen LogP contribution in [-0.4, -0.2) is 49.8 Å². The van der Waals surface area contributed by atoms with E-state index in [0.29, 0.717) is 5.41 Å². The number of nitrogens with zero attached hydrogens (tertiary/aromatic N) is 1.